The summed E-state index contributed by atoms with van der Waals surface area (Å²) in [7, 11) is 0. The Bertz CT molecular complexity index is 440. The number of carbonyl (C=O) groups excluding carboxylic acids is 1. The minimum absolute atomic E-state index is 0.0597. The average Bonchev–Trinajstić information content (AvgIpc) is 2.43. The van der Waals surface area contributed by atoms with Crippen molar-refractivity contribution in [1.29, 1.82) is 0 Å². The van der Waals surface area contributed by atoms with Gasteiger partial charge in [-0.25, -0.2) is 0 Å². The lowest BCUT2D eigenvalue weighted by molar-refractivity contribution is -0.120. The molecule has 2 N–H and O–H groups in total. The quantitative estimate of drug-likeness (QED) is 0.875. The normalized spacial score (nSPS) is 18.9. The van der Waals surface area contributed by atoms with E-state index in [9.17, 15) is 4.79 Å². The van der Waals surface area contributed by atoms with Gasteiger partial charge < -0.3 is 15.4 Å². The van der Waals surface area contributed by atoms with Crippen molar-refractivity contribution in [2.45, 2.75) is 26.7 Å². The van der Waals surface area contributed by atoms with Crippen LogP contribution in [0, 0.1) is 12.8 Å². The molecule has 0 spiro atoms. The molecule has 1 aliphatic rings. The molecule has 4 heteroatoms. The Hall–Kier alpha value is -1.55. The van der Waals surface area contributed by atoms with Gasteiger partial charge in [0.05, 0.1) is 18.2 Å². The SMILES string of the molecule is CCOc1cc(C)ccc1NC(=O)[C@H]1CCCNC1. The van der Waals surface area contributed by atoms with E-state index in [1.54, 1.807) is 0 Å². The van der Waals surface area contributed by atoms with E-state index >= 15 is 0 Å². The van der Waals surface area contributed by atoms with E-state index in [-0.39, 0.29) is 11.8 Å². The second-order valence-corrected chi connectivity index (χ2v) is 4.97. The van der Waals surface area contributed by atoms with Crippen LogP contribution in [-0.4, -0.2) is 25.6 Å². The Labute approximate surface area is 114 Å². The van der Waals surface area contributed by atoms with E-state index in [2.05, 4.69) is 10.6 Å². The van der Waals surface area contributed by atoms with Crippen molar-refractivity contribution in [3.8, 4) is 5.75 Å². The Morgan fingerprint density at radius 1 is 1.53 bits per heavy atom. The summed E-state index contributed by atoms with van der Waals surface area (Å²) in [5.41, 5.74) is 1.89. The van der Waals surface area contributed by atoms with Gasteiger partial charge in [0.25, 0.3) is 0 Å². The molecule has 1 amide bonds. The first kappa shape index (κ1) is 13.9. The molecule has 1 aromatic rings. The molecule has 1 aliphatic heterocycles. The van der Waals surface area contributed by atoms with Gasteiger partial charge in [0.15, 0.2) is 0 Å². The molecular weight excluding hydrogens is 240 g/mol. The lowest BCUT2D eigenvalue weighted by Gasteiger charge is -2.22. The smallest absolute Gasteiger partial charge is 0.228 e. The number of hydrogen-bond donors (Lipinski definition) is 2. The van der Waals surface area contributed by atoms with Crippen molar-refractivity contribution in [3.63, 3.8) is 0 Å². The molecule has 0 saturated carbocycles. The third-order valence-corrected chi connectivity index (χ3v) is 3.36. The molecule has 1 aromatic carbocycles. The van der Waals surface area contributed by atoms with Crippen LogP contribution in [0.3, 0.4) is 0 Å². The number of amides is 1. The number of aryl methyl sites for hydroxylation is 1. The third kappa shape index (κ3) is 3.70. The van der Waals surface area contributed by atoms with E-state index in [0.29, 0.717) is 6.61 Å². The van der Waals surface area contributed by atoms with Gasteiger partial charge in [-0.3, -0.25) is 4.79 Å². The fourth-order valence-electron chi connectivity index (χ4n) is 2.32. The number of anilines is 1. The molecular formula is C15H22N2O2. The second kappa shape index (κ2) is 6.57. The van der Waals surface area contributed by atoms with Crippen LogP contribution in [0.1, 0.15) is 25.3 Å². The first-order chi connectivity index (χ1) is 9.20. The molecule has 19 heavy (non-hydrogen) atoms. The van der Waals surface area contributed by atoms with Crippen LogP contribution in [0.25, 0.3) is 0 Å². The van der Waals surface area contributed by atoms with Crippen LogP contribution >= 0.6 is 0 Å². The second-order valence-electron chi connectivity index (χ2n) is 4.97. The standard InChI is InChI=1S/C15H22N2O2/c1-3-19-14-9-11(2)6-7-13(14)17-15(18)12-5-4-8-16-10-12/h6-7,9,12,16H,3-5,8,10H2,1-2H3,(H,17,18)/t12-/m0/s1. The highest BCUT2D eigenvalue weighted by Crippen LogP contribution is 2.26. The maximum atomic E-state index is 12.2. The minimum Gasteiger partial charge on any atom is -0.492 e. The summed E-state index contributed by atoms with van der Waals surface area (Å²) < 4.78 is 5.58. The van der Waals surface area contributed by atoms with Crippen LogP contribution in [0.15, 0.2) is 18.2 Å². The molecule has 4 nitrogen and oxygen atoms in total. The number of ether oxygens (including phenoxy) is 1. The fourth-order valence-corrected chi connectivity index (χ4v) is 2.32. The fraction of sp³-hybridized carbons (Fsp3) is 0.533. The molecule has 1 saturated heterocycles. The molecule has 104 valence electrons. The predicted octanol–water partition coefficient (Wildman–Crippen LogP) is 2.33. The maximum Gasteiger partial charge on any atom is 0.228 e. The van der Waals surface area contributed by atoms with Crippen molar-refractivity contribution >= 4 is 11.6 Å². The molecule has 2 rings (SSSR count). The van der Waals surface area contributed by atoms with E-state index < -0.39 is 0 Å². The van der Waals surface area contributed by atoms with Crippen molar-refractivity contribution < 1.29 is 9.53 Å². The van der Waals surface area contributed by atoms with Crippen molar-refractivity contribution in [2.24, 2.45) is 5.92 Å². The maximum absolute atomic E-state index is 12.2. The van der Waals surface area contributed by atoms with Crippen molar-refractivity contribution in [1.82, 2.24) is 5.32 Å². The Balaban J connectivity index is 2.06. The Morgan fingerprint density at radius 3 is 3.05 bits per heavy atom. The molecule has 1 fully saturated rings. The molecule has 1 atom stereocenters. The van der Waals surface area contributed by atoms with Gasteiger partial charge in [-0.1, -0.05) is 6.07 Å². The van der Waals surface area contributed by atoms with Gasteiger partial charge in [-0.05, 0) is 50.9 Å². The Kier molecular flexibility index (Phi) is 4.80. The van der Waals surface area contributed by atoms with Crippen molar-refractivity contribution in [2.75, 3.05) is 25.0 Å². The van der Waals surface area contributed by atoms with Crippen molar-refractivity contribution in [3.05, 3.63) is 23.8 Å². The molecule has 0 radical (unpaired) electrons. The minimum atomic E-state index is 0.0597. The van der Waals surface area contributed by atoms with Crippen LogP contribution in [0.5, 0.6) is 5.75 Å². The zero-order valence-corrected chi connectivity index (χ0v) is 11.7. The number of benzene rings is 1. The van der Waals surface area contributed by atoms with Crippen LogP contribution in [-0.2, 0) is 4.79 Å². The van der Waals surface area contributed by atoms with Gasteiger partial charge >= 0.3 is 0 Å². The summed E-state index contributed by atoms with van der Waals surface area (Å²) in [5, 5.41) is 6.25. The number of carbonyl (C=O) groups is 1. The first-order valence-corrected chi connectivity index (χ1v) is 6.95. The van der Waals surface area contributed by atoms with Crippen LogP contribution < -0.4 is 15.4 Å². The topological polar surface area (TPSA) is 50.4 Å². The molecule has 0 aliphatic carbocycles. The van der Waals surface area contributed by atoms with Gasteiger partial charge in [0.2, 0.25) is 5.91 Å². The molecule has 0 unspecified atom stereocenters. The highest BCUT2D eigenvalue weighted by Gasteiger charge is 2.21. The number of rotatable bonds is 4. The van der Waals surface area contributed by atoms with E-state index in [4.69, 9.17) is 4.74 Å². The van der Waals surface area contributed by atoms with Gasteiger partial charge in [0.1, 0.15) is 5.75 Å². The Morgan fingerprint density at radius 2 is 2.37 bits per heavy atom. The summed E-state index contributed by atoms with van der Waals surface area (Å²) in [4.78, 5) is 12.2. The predicted molar refractivity (Wildman–Crippen MR) is 76.6 cm³/mol. The number of hydrogen-bond acceptors (Lipinski definition) is 3. The third-order valence-electron chi connectivity index (χ3n) is 3.36. The summed E-state index contributed by atoms with van der Waals surface area (Å²) >= 11 is 0. The summed E-state index contributed by atoms with van der Waals surface area (Å²) in [6.45, 7) is 6.33. The summed E-state index contributed by atoms with van der Waals surface area (Å²) in [6, 6.07) is 5.85. The molecule has 1 heterocycles. The van der Waals surface area contributed by atoms with Crippen LogP contribution in [0.4, 0.5) is 5.69 Å². The van der Waals surface area contributed by atoms with Gasteiger partial charge in [0, 0.05) is 6.54 Å². The monoisotopic (exact) mass is 262 g/mol. The lowest BCUT2D eigenvalue weighted by atomic mass is 9.98. The lowest BCUT2D eigenvalue weighted by Crippen LogP contribution is -2.37. The summed E-state index contributed by atoms with van der Waals surface area (Å²) in [6.07, 6.45) is 2.01. The van der Waals surface area contributed by atoms with Crippen LogP contribution in [0.2, 0.25) is 0 Å². The molecule has 0 bridgehead atoms. The van der Waals surface area contributed by atoms with Gasteiger partial charge in [-0.2, -0.15) is 0 Å². The zero-order chi connectivity index (χ0) is 13.7. The zero-order valence-electron chi connectivity index (χ0n) is 11.7. The van der Waals surface area contributed by atoms with Gasteiger partial charge in [-0.15, -0.1) is 0 Å². The number of nitrogens with one attached hydrogen (secondary N) is 2. The highest BCUT2D eigenvalue weighted by molar-refractivity contribution is 5.94. The number of piperidine rings is 1. The molecule has 0 aromatic heterocycles. The average molecular weight is 262 g/mol. The first-order valence-electron chi connectivity index (χ1n) is 6.95. The largest absolute Gasteiger partial charge is 0.492 e. The van der Waals surface area contributed by atoms with E-state index in [1.165, 1.54) is 0 Å². The van der Waals surface area contributed by atoms with E-state index in [1.807, 2.05) is 32.0 Å². The summed E-state index contributed by atoms with van der Waals surface area (Å²) in [5.74, 6) is 0.890. The van der Waals surface area contributed by atoms with E-state index in [0.717, 1.165) is 42.9 Å². The highest BCUT2D eigenvalue weighted by atomic mass is 16.5.